The van der Waals surface area contributed by atoms with Crippen LogP contribution in [0, 0.1) is 10.8 Å². The number of aliphatic carboxylic acids is 1. The van der Waals surface area contributed by atoms with Crippen LogP contribution in [0.4, 0.5) is 0 Å². The molecule has 0 saturated heterocycles. The Kier molecular flexibility index (Phi) is 6.73. The number of amides is 2. The molecule has 0 unspecified atom stereocenters. The van der Waals surface area contributed by atoms with Gasteiger partial charge in [0.05, 0.1) is 17.4 Å². The standard InChI is InChI=1S/C20H22N4O6/c1-10(2)30-12-6-4-5-11(7-12)14(21)8-13-17(27)16(19(28)23-9-15(25)26)20(29)24(3)18(13)22/h4-8,10,21-22,27H,9H2,1-3H3,(H,23,28)(H,25,26)/b13-8-,21-14?,22-18?. The van der Waals surface area contributed by atoms with E-state index in [0.717, 1.165) is 11.0 Å². The second-order valence-corrected chi connectivity index (χ2v) is 6.68. The molecule has 0 atom stereocenters. The van der Waals surface area contributed by atoms with E-state index in [9.17, 15) is 19.5 Å². The van der Waals surface area contributed by atoms with E-state index < -0.39 is 41.5 Å². The van der Waals surface area contributed by atoms with Crippen LogP contribution in [0.5, 0.6) is 5.75 Å². The van der Waals surface area contributed by atoms with Crippen molar-refractivity contribution in [1.29, 1.82) is 10.8 Å². The Balaban J connectivity index is 2.44. The van der Waals surface area contributed by atoms with Crippen LogP contribution in [-0.2, 0) is 14.4 Å². The topological polar surface area (TPSA) is 164 Å². The van der Waals surface area contributed by atoms with Gasteiger partial charge in [0, 0.05) is 12.6 Å². The number of allylic oxidation sites excluding steroid dienone is 1. The van der Waals surface area contributed by atoms with Gasteiger partial charge < -0.3 is 25.7 Å². The van der Waals surface area contributed by atoms with E-state index >= 15 is 0 Å². The molecular weight excluding hydrogens is 392 g/mol. The molecule has 158 valence electrons. The molecule has 1 aromatic carbocycles. The maximum absolute atomic E-state index is 12.3. The average molecular weight is 414 g/mol. The van der Waals surface area contributed by atoms with Crippen molar-refractivity contribution < 1.29 is 29.3 Å². The number of benzene rings is 1. The number of nitrogens with one attached hydrogen (secondary N) is 3. The fourth-order valence-electron chi connectivity index (χ4n) is 2.62. The number of rotatable bonds is 7. The van der Waals surface area contributed by atoms with Crippen molar-refractivity contribution in [3.63, 3.8) is 0 Å². The highest BCUT2D eigenvalue weighted by Gasteiger charge is 2.36. The molecule has 1 aliphatic heterocycles. The van der Waals surface area contributed by atoms with Crippen LogP contribution >= 0.6 is 0 Å². The first-order valence-electron chi connectivity index (χ1n) is 8.90. The van der Waals surface area contributed by atoms with Gasteiger partial charge in [0.15, 0.2) is 0 Å². The largest absolute Gasteiger partial charge is 0.506 e. The van der Waals surface area contributed by atoms with Gasteiger partial charge in [-0.05, 0) is 32.1 Å². The van der Waals surface area contributed by atoms with Gasteiger partial charge >= 0.3 is 5.97 Å². The highest BCUT2D eigenvalue weighted by atomic mass is 16.5. The second kappa shape index (κ2) is 9.03. The number of carboxylic acid groups (broad SMARTS) is 1. The number of nitrogens with zero attached hydrogens (tertiary/aromatic N) is 1. The number of hydrogen-bond acceptors (Lipinski definition) is 7. The van der Waals surface area contributed by atoms with Gasteiger partial charge in [0.1, 0.15) is 29.5 Å². The lowest BCUT2D eigenvalue weighted by atomic mass is 9.97. The van der Waals surface area contributed by atoms with Gasteiger partial charge in [-0.2, -0.15) is 0 Å². The Morgan fingerprint density at radius 2 is 2.00 bits per heavy atom. The van der Waals surface area contributed by atoms with Crippen molar-refractivity contribution in [2.75, 3.05) is 13.6 Å². The molecule has 0 aromatic heterocycles. The Hall–Kier alpha value is -3.95. The van der Waals surface area contributed by atoms with Crippen LogP contribution in [-0.4, -0.2) is 64.1 Å². The minimum Gasteiger partial charge on any atom is -0.506 e. The zero-order valence-corrected chi connectivity index (χ0v) is 16.6. The summed E-state index contributed by atoms with van der Waals surface area (Å²) >= 11 is 0. The van der Waals surface area contributed by atoms with E-state index in [1.165, 1.54) is 7.05 Å². The molecule has 0 bridgehead atoms. The third kappa shape index (κ3) is 4.90. The molecule has 0 fully saturated rings. The Morgan fingerprint density at radius 1 is 1.33 bits per heavy atom. The molecule has 1 heterocycles. The molecular formula is C20H22N4O6. The first kappa shape index (κ1) is 22.3. The Morgan fingerprint density at radius 3 is 2.60 bits per heavy atom. The predicted octanol–water partition coefficient (Wildman–Crippen LogP) is 1.23. The smallest absolute Gasteiger partial charge is 0.322 e. The minimum absolute atomic E-state index is 0.0715. The maximum Gasteiger partial charge on any atom is 0.322 e. The molecule has 2 rings (SSSR count). The Labute approximate surface area is 172 Å². The molecule has 0 spiro atoms. The second-order valence-electron chi connectivity index (χ2n) is 6.68. The third-order valence-corrected chi connectivity index (χ3v) is 4.03. The molecule has 10 heteroatoms. The zero-order chi connectivity index (χ0) is 22.6. The van der Waals surface area contributed by atoms with Crippen LogP contribution < -0.4 is 10.1 Å². The Bertz CT molecular complexity index is 993. The van der Waals surface area contributed by atoms with E-state index in [1.54, 1.807) is 24.3 Å². The summed E-state index contributed by atoms with van der Waals surface area (Å²) in [5.74, 6) is -4.06. The van der Waals surface area contributed by atoms with Crippen LogP contribution in [0.25, 0.3) is 0 Å². The molecule has 1 aromatic rings. The summed E-state index contributed by atoms with van der Waals surface area (Å²) in [5, 5.41) is 37.6. The monoisotopic (exact) mass is 414 g/mol. The summed E-state index contributed by atoms with van der Waals surface area (Å²) in [4.78, 5) is 36.0. The van der Waals surface area contributed by atoms with Crippen LogP contribution in [0.1, 0.15) is 19.4 Å². The normalized spacial score (nSPS) is 15.6. The van der Waals surface area contributed by atoms with E-state index in [-0.39, 0.29) is 17.4 Å². The number of ether oxygens (including phenoxy) is 1. The van der Waals surface area contributed by atoms with E-state index in [0.29, 0.717) is 11.3 Å². The number of amidine groups is 1. The lowest BCUT2D eigenvalue weighted by molar-refractivity contribution is -0.138. The molecule has 5 N–H and O–H groups in total. The zero-order valence-electron chi connectivity index (χ0n) is 16.6. The minimum atomic E-state index is -1.33. The number of likely N-dealkylation sites (N-methyl/N-ethyl adjacent to an activating group) is 1. The predicted molar refractivity (Wildman–Crippen MR) is 108 cm³/mol. The van der Waals surface area contributed by atoms with Crippen molar-refractivity contribution in [3.05, 3.63) is 52.8 Å². The van der Waals surface area contributed by atoms with E-state index in [2.05, 4.69) is 0 Å². The van der Waals surface area contributed by atoms with Crippen molar-refractivity contribution in [2.45, 2.75) is 20.0 Å². The van der Waals surface area contributed by atoms with Gasteiger partial charge in [-0.15, -0.1) is 0 Å². The highest BCUT2D eigenvalue weighted by Crippen LogP contribution is 2.24. The molecule has 10 nitrogen and oxygen atoms in total. The van der Waals surface area contributed by atoms with Crippen LogP contribution in [0.15, 0.2) is 47.2 Å². The average Bonchev–Trinajstić information content (AvgIpc) is 2.67. The first-order chi connectivity index (χ1) is 14.0. The summed E-state index contributed by atoms with van der Waals surface area (Å²) in [6.07, 6.45) is 1.08. The quantitative estimate of drug-likeness (QED) is 0.333. The van der Waals surface area contributed by atoms with Gasteiger partial charge in [-0.1, -0.05) is 12.1 Å². The summed E-state index contributed by atoms with van der Waals surface area (Å²) in [5.41, 5.74) is -0.593. The van der Waals surface area contributed by atoms with Crippen molar-refractivity contribution in [3.8, 4) is 5.75 Å². The molecule has 0 aliphatic carbocycles. The number of carboxylic acids is 1. The van der Waals surface area contributed by atoms with Gasteiger partial charge in [0.2, 0.25) is 0 Å². The van der Waals surface area contributed by atoms with E-state index in [4.69, 9.17) is 20.7 Å². The molecule has 0 saturated carbocycles. The van der Waals surface area contributed by atoms with Crippen LogP contribution in [0.2, 0.25) is 0 Å². The number of hydrogen-bond donors (Lipinski definition) is 5. The van der Waals surface area contributed by atoms with E-state index in [1.807, 2.05) is 19.2 Å². The summed E-state index contributed by atoms with van der Waals surface area (Å²) < 4.78 is 5.59. The number of aliphatic hydroxyl groups is 1. The van der Waals surface area contributed by atoms with Crippen molar-refractivity contribution >= 4 is 29.3 Å². The summed E-state index contributed by atoms with van der Waals surface area (Å²) in [6.45, 7) is 2.97. The molecule has 2 amide bonds. The molecule has 0 radical (unpaired) electrons. The lowest BCUT2D eigenvalue weighted by Crippen LogP contribution is -2.45. The fourth-order valence-corrected chi connectivity index (χ4v) is 2.62. The lowest BCUT2D eigenvalue weighted by Gasteiger charge is -2.27. The summed E-state index contributed by atoms with van der Waals surface area (Å²) in [7, 11) is 1.23. The van der Waals surface area contributed by atoms with Crippen molar-refractivity contribution in [1.82, 2.24) is 10.2 Å². The summed E-state index contributed by atoms with van der Waals surface area (Å²) in [6, 6.07) is 6.65. The maximum atomic E-state index is 12.3. The fraction of sp³-hybridized carbons (Fsp3) is 0.250. The first-order valence-corrected chi connectivity index (χ1v) is 8.90. The van der Waals surface area contributed by atoms with Gasteiger partial charge in [-0.3, -0.25) is 24.7 Å². The third-order valence-electron chi connectivity index (χ3n) is 4.03. The SMILES string of the molecule is CC(C)Oc1cccc(C(=N)/C=C2\C(=N)N(C)C(=O)C(C(=O)NCC(=O)O)=C2O)c1. The highest BCUT2D eigenvalue weighted by molar-refractivity contribution is 6.29. The van der Waals surface area contributed by atoms with Gasteiger partial charge in [-0.25, -0.2) is 0 Å². The van der Waals surface area contributed by atoms with Crippen LogP contribution in [0.3, 0.4) is 0 Å². The number of carbonyl (C=O) groups is 3. The molecule has 30 heavy (non-hydrogen) atoms. The number of carbonyl (C=O) groups excluding carboxylic acids is 2. The molecule has 1 aliphatic rings. The number of aliphatic hydroxyl groups excluding tert-OH is 1. The van der Waals surface area contributed by atoms with Gasteiger partial charge in [0.25, 0.3) is 11.8 Å². The van der Waals surface area contributed by atoms with Crippen molar-refractivity contribution in [2.24, 2.45) is 0 Å².